The van der Waals surface area contributed by atoms with Crippen molar-refractivity contribution in [2.75, 3.05) is 0 Å². The molecule has 3 rings (SSSR count). The van der Waals surface area contributed by atoms with Crippen molar-refractivity contribution >= 4 is 5.78 Å². The number of hydrogen-bond acceptors (Lipinski definition) is 3. The summed E-state index contributed by atoms with van der Waals surface area (Å²) in [6.45, 7) is 1.55. The van der Waals surface area contributed by atoms with Crippen LogP contribution < -0.4 is 0 Å². The molecule has 4 heteroatoms. The SMILES string of the molecule is CC(=O)c1ccc(-n2cc(-c3ccccc3)nn2)cc1. The van der Waals surface area contributed by atoms with E-state index in [2.05, 4.69) is 10.3 Å². The maximum absolute atomic E-state index is 11.2. The fourth-order valence-electron chi connectivity index (χ4n) is 1.98. The summed E-state index contributed by atoms with van der Waals surface area (Å²) in [7, 11) is 0. The summed E-state index contributed by atoms with van der Waals surface area (Å²) in [6, 6.07) is 17.2. The van der Waals surface area contributed by atoms with E-state index >= 15 is 0 Å². The monoisotopic (exact) mass is 263 g/mol. The summed E-state index contributed by atoms with van der Waals surface area (Å²) in [5, 5.41) is 8.29. The lowest BCUT2D eigenvalue weighted by Crippen LogP contribution is -1.97. The van der Waals surface area contributed by atoms with Crippen molar-refractivity contribution in [3.05, 3.63) is 66.4 Å². The van der Waals surface area contributed by atoms with Crippen molar-refractivity contribution < 1.29 is 4.79 Å². The normalized spacial score (nSPS) is 10.4. The Morgan fingerprint density at radius 3 is 2.35 bits per heavy atom. The highest BCUT2D eigenvalue weighted by molar-refractivity contribution is 5.94. The Labute approximate surface area is 116 Å². The van der Waals surface area contributed by atoms with Crippen LogP contribution in [0.3, 0.4) is 0 Å². The average Bonchev–Trinajstić information content (AvgIpc) is 2.98. The number of hydrogen-bond donors (Lipinski definition) is 0. The summed E-state index contributed by atoms with van der Waals surface area (Å²) in [5.41, 5.74) is 3.42. The zero-order valence-corrected chi connectivity index (χ0v) is 11.0. The number of rotatable bonds is 3. The molecule has 4 nitrogen and oxygen atoms in total. The Balaban J connectivity index is 1.92. The van der Waals surface area contributed by atoms with Gasteiger partial charge in [0.25, 0.3) is 0 Å². The van der Waals surface area contributed by atoms with Gasteiger partial charge in [-0.25, -0.2) is 4.68 Å². The summed E-state index contributed by atoms with van der Waals surface area (Å²) in [5.74, 6) is 0.0557. The topological polar surface area (TPSA) is 47.8 Å². The quantitative estimate of drug-likeness (QED) is 0.682. The molecule has 0 N–H and O–H groups in total. The fourth-order valence-corrected chi connectivity index (χ4v) is 1.98. The van der Waals surface area contributed by atoms with E-state index in [4.69, 9.17) is 0 Å². The summed E-state index contributed by atoms with van der Waals surface area (Å²) in [4.78, 5) is 11.2. The van der Waals surface area contributed by atoms with E-state index in [-0.39, 0.29) is 5.78 Å². The van der Waals surface area contributed by atoms with E-state index < -0.39 is 0 Å². The first-order chi connectivity index (χ1) is 9.74. The molecule has 0 saturated heterocycles. The van der Waals surface area contributed by atoms with E-state index in [1.54, 1.807) is 23.7 Å². The molecule has 0 spiro atoms. The van der Waals surface area contributed by atoms with E-state index in [0.29, 0.717) is 5.56 Å². The number of carbonyl (C=O) groups is 1. The maximum atomic E-state index is 11.2. The average molecular weight is 263 g/mol. The molecule has 0 fully saturated rings. The first-order valence-electron chi connectivity index (χ1n) is 6.33. The number of aromatic nitrogens is 3. The van der Waals surface area contributed by atoms with Gasteiger partial charge in [0.2, 0.25) is 0 Å². The lowest BCUT2D eigenvalue weighted by molar-refractivity contribution is 0.101. The lowest BCUT2D eigenvalue weighted by Gasteiger charge is -2.00. The highest BCUT2D eigenvalue weighted by atomic mass is 16.1. The molecule has 0 aliphatic rings. The molecule has 0 bridgehead atoms. The molecule has 0 aliphatic carbocycles. The highest BCUT2D eigenvalue weighted by Gasteiger charge is 2.05. The molecule has 20 heavy (non-hydrogen) atoms. The molecule has 1 aromatic heterocycles. The number of benzene rings is 2. The third-order valence-corrected chi connectivity index (χ3v) is 3.10. The van der Waals surface area contributed by atoms with Crippen LogP contribution in [0.2, 0.25) is 0 Å². The van der Waals surface area contributed by atoms with Gasteiger partial charge >= 0.3 is 0 Å². The molecule has 3 aromatic rings. The fraction of sp³-hybridized carbons (Fsp3) is 0.0625. The predicted molar refractivity (Wildman–Crippen MR) is 76.8 cm³/mol. The van der Waals surface area contributed by atoms with E-state index in [1.807, 2.05) is 48.7 Å². The molecule has 1 heterocycles. The van der Waals surface area contributed by atoms with Gasteiger partial charge < -0.3 is 0 Å². The smallest absolute Gasteiger partial charge is 0.159 e. The van der Waals surface area contributed by atoms with E-state index in [1.165, 1.54) is 0 Å². The predicted octanol–water partition coefficient (Wildman–Crippen LogP) is 3.14. The first kappa shape index (κ1) is 12.3. The molecule has 2 aromatic carbocycles. The van der Waals surface area contributed by atoms with Gasteiger partial charge in [0.05, 0.1) is 11.9 Å². The van der Waals surface area contributed by atoms with Gasteiger partial charge in [-0.05, 0) is 31.2 Å². The van der Waals surface area contributed by atoms with Crippen LogP contribution in [0.4, 0.5) is 0 Å². The summed E-state index contributed by atoms with van der Waals surface area (Å²) in [6.07, 6.45) is 1.87. The summed E-state index contributed by atoms with van der Waals surface area (Å²) < 4.78 is 1.70. The molecule has 0 aliphatic heterocycles. The van der Waals surface area contributed by atoms with Gasteiger partial charge in [0.15, 0.2) is 5.78 Å². The van der Waals surface area contributed by atoms with E-state index in [0.717, 1.165) is 16.9 Å². The third-order valence-electron chi connectivity index (χ3n) is 3.10. The van der Waals surface area contributed by atoms with Crippen LogP contribution in [0.1, 0.15) is 17.3 Å². The van der Waals surface area contributed by atoms with Crippen LogP contribution in [-0.2, 0) is 0 Å². The lowest BCUT2D eigenvalue weighted by atomic mass is 10.1. The first-order valence-corrected chi connectivity index (χ1v) is 6.33. The standard InChI is InChI=1S/C16H13N3O/c1-12(20)13-7-9-15(10-8-13)19-11-16(17-18-19)14-5-3-2-4-6-14/h2-11H,1H3. The van der Waals surface area contributed by atoms with Crippen molar-refractivity contribution in [3.8, 4) is 16.9 Å². The van der Waals surface area contributed by atoms with Crippen molar-refractivity contribution in [1.82, 2.24) is 15.0 Å². The zero-order valence-electron chi connectivity index (χ0n) is 11.0. The molecule has 0 unspecified atom stereocenters. The molecule has 0 radical (unpaired) electrons. The van der Waals surface area contributed by atoms with Gasteiger partial charge in [-0.2, -0.15) is 0 Å². The molecular weight excluding hydrogens is 250 g/mol. The Kier molecular flexibility index (Phi) is 3.13. The Hall–Kier alpha value is -2.75. The second-order valence-corrected chi connectivity index (χ2v) is 4.52. The van der Waals surface area contributed by atoms with Crippen LogP contribution in [0.15, 0.2) is 60.8 Å². The van der Waals surface area contributed by atoms with Gasteiger partial charge in [-0.15, -0.1) is 5.10 Å². The van der Waals surface area contributed by atoms with Crippen molar-refractivity contribution in [1.29, 1.82) is 0 Å². The molecular formula is C16H13N3O. The van der Waals surface area contributed by atoms with Gasteiger partial charge in [0, 0.05) is 11.1 Å². The Bertz CT molecular complexity index is 730. The van der Waals surface area contributed by atoms with Crippen LogP contribution in [0, 0.1) is 0 Å². The van der Waals surface area contributed by atoms with Crippen molar-refractivity contribution in [2.24, 2.45) is 0 Å². The third kappa shape index (κ3) is 2.36. The zero-order chi connectivity index (χ0) is 13.9. The minimum Gasteiger partial charge on any atom is -0.295 e. The maximum Gasteiger partial charge on any atom is 0.159 e. The van der Waals surface area contributed by atoms with Crippen LogP contribution in [0.25, 0.3) is 16.9 Å². The van der Waals surface area contributed by atoms with E-state index in [9.17, 15) is 4.79 Å². The van der Waals surface area contributed by atoms with Gasteiger partial charge in [-0.3, -0.25) is 4.79 Å². The number of nitrogens with zero attached hydrogens (tertiary/aromatic N) is 3. The van der Waals surface area contributed by atoms with Gasteiger partial charge in [0.1, 0.15) is 5.69 Å². The number of carbonyl (C=O) groups excluding carboxylic acids is 1. The van der Waals surface area contributed by atoms with Crippen LogP contribution in [-0.4, -0.2) is 20.8 Å². The highest BCUT2D eigenvalue weighted by Crippen LogP contribution is 2.17. The minimum atomic E-state index is 0.0557. The Morgan fingerprint density at radius 1 is 1.00 bits per heavy atom. The largest absolute Gasteiger partial charge is 0.295 e. The number of Topliss-reactive ketones (excluding diaryl/α,β-unsaturated/α-hetero) is 1. The van der Waals surface area contributed by atoms with Crippen molar-refractivity contribution in [3.63, 3.8) is 0 Å². The minimum absolute atomic E-state index is 0.0557. The summed E-state index contributed by atoms with van der Waals surface area (Å²) >= 11 is 0. The van der Waals surface area contributed by atoms with Gasteiger partial charge in [-0.1, -0.05) is 35.5 Å². The number of ketones is 1. The van der Waals surface area contributed by atoms with Crippen LogP contribution >= 0.6 is 0 Å². The molecule has 0 amide bonds. The second-order valence-electron chi connectivity index (χ2n) is 4.52. The molecule has 98 valence electrons. The second kappa shape index (κ2) is 5.09. The van der Waals surface area contributed by atoms with Crippen molar-refractivity contribution in [2.45, 2.75) is 6.92 Å². The Morgan fingerprint density at radius 2 is 1.70 bits per heavy atom. The molecule has 0 atom stereocenters. The van der Waals surface area contributed by atoms with Crippen LogP contribution in [0.5, 0.6) is 0 Å². The molecule has 0 saturated carbocycles.